The van der Waals surface area contributed by atoms with Crippen molar-refractivity contribution >= 4 is 33.8 Å². The van der Waals surface area contributed by atoms with Crippen molar-refractivity contribution in [1.82, 2.24) is 9.55 Å². The van der Waals surface area contributed by atoms with Crippen LogP contribution in [0.15, 0.2) is 10.9 Å². The number of aromatic amines is 1. The normalized spacial score (nSPS) is 11.1. The fraction of sp³-hybridized carbons (Fsp3) is 0.455. The first kappa shape index (κ1) is 11.5. The molecule has 5 heteroatoms. The maximum atomic E-state index is 12.2. The smallest absolute Gasteiger partial charge is 0.263 e. The van der Waals surface area contributed by atoms with Gasteiger partial charge in [0.05, 0.1) is 5.39 Å². The van der Waals surface area contributed by atoms with Gasteiger partial charge in [0.15, 0.2) is 4.77 Å². The van der Waals surface area contributed by atoms with Gasteiger partial charge in [0.2, 0.25) is 0 Å². The van der Waals surface area contributed by atoms with Crippen molar-refractivity contribution in [3.05, 3.63) is 26.1 Å². The van der Waals surface area contributed by atoms with Crippen LogP contribution >= 0.6 is 23.6 Å². The number of hydrogen-bond donors (Lipinski definition) is 1. The minimum absolute atomic E-state index is 0.0385. The predicted octanol–water partition coefficient (Wildman–Crippen LogP) is 3.23. The average Bonchev–Trinajstić information content (AvgIpc) is 2.59. The molecule has 0 aliphatic heterocycles. The summed E-state index contributed by atoms with van der Waals surface area (Å²) < 4.78 is 2.20. The van der Waals surface area contributed by atoms with Crippen LogP contribution in [0, 0.1) is 11.7 Å². The molecular weight excluding hydrogens is 240 g/mol. The van der Waals surface area contributed by atoms with Gasteiger partial charge in [0, 0.05) is 11.4 Å². The van der Waals surface area contributed by atoms with Crippen molar-refractivity contribution in [1.29, 1.82) is 0 Å². The number of thiophene rings is 1. The van der Waals surface area contributed by atoms with Crippen LogP contribution in [0.3, 0.4) is 0 Å². The van der Waals surface area contributed by atoms with Crippen molar-refractivity contribution in [2.24, 2.45) is 0 Å². The van der Waals surface area contributed by atoms with Crippen LogP contribution in [0.25, 0.3) is 10.2 Å². The highest BCUT2D eigenvalue weighted by Gasteiger charge is 2.07. The molecule has 0 spiro atoms. The average molecular weight is 254 g/mol. The van der Waals surface area contributed by atoms with Gasteiger partial charge in [-0.3, -0.25) is 9.36 Å². The number of hydrogen-bond acceptors (Lipinski definition) is 3. The third-order valence-electron chi connectivity index (χ3n) is 2.53. The molecule has 86 valence electrons. The number of fused-ring (bicyclic) bond motifs is 1. The van der Waals surface area contributed by atoms with E-state index in [0.717, 1.165) is 27.9 Å². The summed E-state index contributed by atoms with van der Waals surface area (Å²) in [5, 5.41) is 0.757. The van der Waals surface area contributed by atoms with Crippen molar-refractivity contribution < 1.29 is 0 Å². The van der Waals surface area contributed by atoms with Crippen LogP contribution in [0.4, 0.5) is 0 Å². The molecule has 0 radical (unpaired) electrons. The molecule has 0 saturated carbocycles. The minimum atomic E-state index is 0.0385. The number of nitrogens with zero attached hydrogens (tertiary/aromatic N) is 1. The van der Waals surface area contributed by atoms with Crippen LogP contribution in [0.5, 0.6) is 0 Å². The maximum Gasteiger partial charge on any atom is 0.263 e. The first-order valence-corrected chi connectivity index (χ1v) is 6.59. The third kappa shape index (κ3) is 1.97. The van der Waals surface area contributed by atoms with Crippen LogP contribution in [-0.2, 0) is 6.54 Å². The molecule has 2 heterocycles. The minimum Gasteiger partial charge on any atom is -0.323 e. The Balaban J connectivity index is 2.65. The highest BCUT2D eigenvalue weighted by atomic mass is 32.1. The van der Waals surface area contributed by atoms with Crippen molar-refractivity contribution in [3.8, 4) is 0 Å². The zero-order valence-corrected chi connectivity index (χ0v) is 11.0. The Kier molecular flexibility index (Phi) is 3.25. The summed E-state index contributed by atoms with van der Waals surface area (Å²) in [6.07, 6.45) is 2.04. The van der Waals surface area contributed by atoms with E-state index in [1.165, 1.54) is 0 Å². The zero-order valence-electron chi connectivity index (χ0n) is 9.37. The number of rotatable bonds is 3. The fourth-order valence-corrected chi connectivity index (χ4v) is 2.93. The number of nitrogens with one attached hydrogen (secondary N) is 1. The second-order valence-corrected chi connectivity index (χ2v) is 5.48. The van der Waals surface area contributed by atoms with Gasteiger partial charge in [-0.1, -0.05) is 13.3 Å². The van der Waals surface area contributed by atoms with Gasteiger partial charge >= 0.3 is 0 Å². The van der Waals surface area contributed by atoms with Crippen molar-refractivity contribution in [3.63, 3.8) is 0 Å². The molecule has 0 amide bonds. The highest BCUT2D eigenvalue weighted by molar-refractivity contribution is 7.71. The molecule has 2 rings (SSSR count). The summed E-state index contributed by atoms with van der Waals surface area (Å²) in [5.74, 6) is 0. The largest absolute Gasteiger partial charge is 0.323 e. The molecule has 0 bridgehead atoms. The van der Waals surface area contributed by atoms with Gasteiger partial charge in [-0.25, -0.2) is 0 Å². The lowest BCUT2D eigenvalue weighted by atomic mass is 10.3. The summed E-state index contributed by atoms with van der Waals surface area (Å²) in [6, 6.07) is 1.93. The Morgan fingerprint density at radius 3 is 3.00 bits per heavy atom. The van der Waals surface area contributed by atoms with E-state index >= 15 is 0 Å². The lowest BCUT2D eigenvalue weighted by Gasteiger charge is -2.04. The Morgan fingerprint density at radius 1 is 1.56 bits per heavy atom. The van der Waals surface area contributed by atoms with E-state index in [-0.39, 0.29) is 5.56 Å². The quantitative estimate of drug-likeness (QED) is 0.854. The van der Waals surface area contributed by atoms with Gasteiger partial charge in [-0.15, -0.1) is 11.3 Å². The van der Waals surface area contributed by atoms with E-state index in [1.807, 2.05) is 13.0 Å². The van der Waals surface area contributed by atoms with Gasteiger partial charge in [-0.05, 0) is 31.6 Å². The van der Waals surface area contributed by atoms with Crippen LogP contribution < -0.4 is 5.56 Å². The van der Waals surface area contributed by atoms with Gasteiger partial charge < -0.3 is 4.98 Å². The van der Waals surface area contributed by atoms with Crippen molar-refractivity contribution in [2.45, 2.75) is 33.2 Å². The van der Waals surface area contributed by atoms with Crippen LogP contribution in [0.2, 0.25) is 0 Å². The number of unbranched alkanes of at least 4 members (excludes halogenated alkanes) is 1. The van der Waals surface area contributed by atoms with E-state index in [1.54, 1.807) is 15.9 Å². The van der Waals surface area contributed by atoms with E-state index < -0.39 is 0 Å². The van der Waals surface area contributed by atoms with Crippen molar-refractivity contribution in [2.75, 3.05) is 0 Å². The monoisotopic (exact) mass is 254 g/mol. The van der Waals surface area contributed by atoms with Crippen LogP contribution in [0.1, 0.15) is 24.6 Å². The summed E-state index contributed by atoms with van der Waals surface area (Å²) in [7, 11) is 0. The second kappa shape index (κ2) is 4.51. The summed E-state index contributed by atoms with van der Waals surface area (Å²) in [5.41, 5.74) is 0.0385. The molecule has 2 aromatic rings. The number of aryl methyl sites for hydroxylation is 1. The molecule has 0 aliphatic carbocycles. The molecule has 0 atom stereocenters. The molecule has 0 aromatic carbocycles. The SMILES string of the molecule is CCCCn1c(=S)[nH]c2sc(C)cc2c1=O. The third-order valence-corrected chi connectivity index (χ3v) is 3.82. The molecule has 16 heavy (non-hydrogen) atoms. The maximum absolute atomic E-state index is 12.2. The predicted molar refractivity (Wildman–Crippen MR) is 70.9 cm³/mol. The first-order valence-electron chi connectivity index (χ1n) is 5.36. The lowest BCUT2D eigenvalue weighted by molar-refractivity contribution is 0.601. The number of H-pyrrole nitrogens is 1. The molecular formula is C11H14N2OS2. The van der Waals surface area contributed by atoms with Crippen LogP contribution in [-0.4, -0.2) is 9.55 Å². The Bertz CT molecular complexity index is 621. The molecule has 0 aliphatic rings. The number of aromatic nitrogens is 2. The molecule has 0 fully saturated rings. The molecule has 0 saturated heterocycles. The summed E-state index contributed by atoms with van der Waals surface area (Å²) in [4.78, 5) is 17.3. The zero-order chi connectivity index (χ0) is 11.7. The molecule has 3 nitrogen and oxygen atoms in total. The Hall–Kier alpha value is -0.940. The Morgan fingerprint density at radius 2 is 2.31 bits per heavy atom. The lowest BCUT2D eigenvalue weighted by Crippen LogP contribution is -2.21. The van der Waals surface area contributed by atoms with E-state index in [9.17, 15) is 4.79 Å². The molecule has 1 N–H and O–H groups in total. The van der Waals surface area contributed by atoms with E-state index in [4.69, 9.17) is 12.2 Å². The van der Waals surface area contributed by atoms with Gasteiger partial charge in [0.1, 0.15) is 4.83 Å². The highest BCUT2D eigenvalue weighted by Crippen LogP contribution is 2.19. The first-order chi connectivity index (χ1) is 7.63. The summed E-state index contributed by atoms with van der Waals surface area (Å²) >= 11 is 6.78. The standard InChI is InChI=1S/C11H14N2OS2/c1-3-4-5-13-10(14)8-6-7(2)16-9(8)12-11(13)15/h6H,3-5H2,1-2H3,(H,12,15). The second-order valence-electron chi connectivity index (χ2n) is 3.84. The summed E-state index contributed by atoms with van der Waals surface area (Å²) in [6.45, 7) is 4.80. The Labute approximate surface area is 103 Å². The van der Waals surface area contributed by atoms with E-state index in [0.29, 0.717) is 11.3 Å². The topological polar surface area (TPSA) is 37.8 Å². The van der Waals surface area contributed by atoms with E-state index in [2.05, 4.69) is 11.9 Å². The molecule has 0 unspecified atom stereocenters. The van der Waals surface area contributed by atoms with Gasteiger partial charge in [0.25, 0.3) is 5.56 Å². The van der Waals surface area contributed by atoms with Gasteiger partial charge in [-0.2, -0.15) is 0 Å². The fourth-order valence-electron chi connectivity index (χ4n) is 1.69. The molecule has 2 aromatic heterocycles.